The number of urea groups is 1. The Kier molecular flexibility index (Phi) is 6.04. The van der Waals surface area contributed by atoms with Crippen LogP contribution < -0.4 is 14.1 Å². The minimum atomic E-state index is -4.65. The maximum atomic E-state index is 13.4. The number of aryl methyl sites for hydroxylation is 2. The molecule has 2 amide bonds. The summed E-state index contributed by atoms with van der Waals surface area (Å²) in [5, 5.41) is 15.8. The molecule has 10 nitrogen and oxygen atoms in total. The molecule has 3 aliphatic rings. The lowest BCUT2D eigenvalue weighted by Gasteiger charge is -2.35. The van der Waals surface area contributed by atoms with Crippen molar-refractivity contribution in [1.82, 2.24) is 9.97 Å². The quantitative estimate of drug-likeness (QED) is 0.626. The Hall–Kier alpha value is -2.60. The predicted molar refractivity (Wildman–Crippen MR) is 121 cm³/mol. The molecule has 1 atom stereocenters. The number of nitrogens with one attached hydrogen (secondary N) is 2. The molecule has 2 N–H and O–H groups in total. The maximum Gasteiger partial charge on any atom is 0.436 e. The number of hydrogen-bond donors (Lipinski definition) is 2. The molecule has 1 aliphatic heterocycles. The Bertz CT molecular complexity index is 1120. The SMILES string of the molecule is O=C(Nc1c2c(cc3c1CCC3)CCC2)[NH+]([O-])S(=O)(=O)N(c1cncnc1)C1CCOCC1. The van der Waals surface area contributed by atoms with Gasteiger partial charge in [0.05, 0.1) is 29.8 Å². The molecular weight excluding hydrogens is 446 g/mol. The Morgan fingerprint density at radius 1 is 1.06 bits per heavy atom. The highest BCUT2D eigenvalue weighted by atomic mass is 32.2. The summed E-state index contributed by atoms with van der Waals surface area (Å²) in [4.78, 5) is 20.9. The van der Waals surface area contributed by atoms with Crippen molar-refractivity contribution in [3.05, 3.63) is 52.2 Å². The van der Waals surface area contributed by atoms with Crippen LogP contribution in [-0.4, -0.2) is 43.7 Å². The zero-order valence-corrected chi connectivity index (χ0v) is 19.1. The fraction of sp³-hybridized carbons (Fsp3) is 0.500. The molecule has 1 aromatic carbocycles. The zero-order chi connectivity index (χ0) is 23.0. The molecule has 11 heteroatoms. The molecule has 33 heavy (non-hydrogen) atoms. The summed E-state index contributed by atoms with van der Waals surface area (Å²) in [6, 6.07) is 0.566. The number of quaternary nitrogens is 1. The van der Waals surface area contributed by atoms with E-state index in [1.807, 2.05) is 0 Å². The van der Waals surface area contributed by atoms with Gasteiger partial charge >= 0.3 is 16.2 Å². The highest BCUT2D eigenvalue weighted by Gasteiger charge is 2.40. The maximum absolute atomic E-state index is 13.4. The van der Waals surface area contributed by atoms with Crippen molar-refractivity contribution in [2.75, 3.05) is 22.8 Å². The van der Waals surface area contributed by atoms with Crippen molar-refractivity contribution in [3.8, 4) is 0 Å². The standard InChI is InChI=1S/C22H27N5O5S/c28-22(25-21-19-5-1-3-15(19)11-16-4-2-6-20(16)21)27(29)33(30,31)26(17-7-9-32-10-8-17)18-12-23-14-24-13-18/h11-14,17,27H,1-10H2,(H,25,28). The fourth-order valence-electron chi connectivity index (χ4n) is 5.21. The second-order valence-electron chi connectivity index (χ2n) is 8.72. The van der Waals surface area contributed by atoms with E-state index in [4.69, 9.17) is 4.74 Å². The van der Waals surface area contributed by atoms with Crippen LogP contribution in [-0.2, 0) is 40.6 Å². The van der Waals surface area contributed by atoms with Gasteiger partial charge in [-0.25, -0.2) is 19.1 Å². The van der Waals surface area contributed by atoms with Gasteiger partial charge in [0, 0.05) is 13.2 Å². The summed E-state index contributed by atoms with van der Waals surface area (Å²) in [6.45, 7) is 0.736. The van der Waals surface area contributed by atoms with E-state index in [1.165, 1.54) is 29.8 Å². The second kappa shape index (κ2) is 8.98. The van der Waals surface area contributed by atoms with Gasteiger partial charge in [-0.1, -0.05) is 6.07 Å². The number of ether oxygens (including phenoxy) is 1. The monoisotopic (exact) mass is 473 g/mol. The van der Waals surface area contributed by atoms with E-state index in [0.29, 0.717) is 31.7 Å². The van der Waals surface area contributed by atoms with E-state index in [0.717, 1.165) is 54.0 Å². The molecule has 1 aromatic heterocycles. The number of carbonyl (C=O) groups excluding carboxylic acids is 1. The van der Waals surface area contributed by atoms with Gasteiger partial charge in [-0.05, 0) is 73.6 Å². The molecular formula is C22H27N5O5S. The van der Waals surface area contributed by atoms with Crippen LogP contribution in [0.25, 0.3) is 0 Å². The third-order valence-electron chi connectivity index (χ3n) is 6.71. The van der Waals surface area contributed by atoms with Crippen molar-refractivity contribution in [2.45, 2.75) is 57.4 Å². The van der Waals surface area contributed by atoms with Crippen LogP contribution in [0.15, 0.2) is 24.8 Å². The first kappa shape index (κ1) is 22.2. The summed E-state index contributed by atoms with van der Waals surface area (Å²) in [5.74, 6) is 0. The lowest BCUT2D eigenvalue weighted by Crippen LogP contribution is -3.14. The molecule has 2 aromatic rings. The Morgan fingerprint density at radius 3 is 2.27 bits per heavy atom. The van der Waals surface area contributed by atoms with Gasteiger partial charge in [0.2, 0.25) is 0 Å². The van der Waals surface area contributed by atoms with Gasteiger partial charge in [-0.3, -0.25) is 5.32 Å². The predicted octanol–water partition coefficient (Wildman–Crippen LogP) is 1.30. The molecule has 0 radical (unpaired) electrons. The number of carbonyl (C=O) groups is 1. The lowest BCUT2D eigenvalue weighted by molar-refractivity contribution is -0.604. The van der Waals surface area contributed by atoms with Gasteiger partial charge in [-0.15, -0.1) is 0 Å². The first-order valence-electron chi connectivity index (χ1n) is 11.4. The van der Waals surface area contributed by atoms with Crippen LogP contribution in [0, 0.1) is 5.21 Å². The number of fused-ring (bicyclic) bond motifs is 2. The van der Waals surface area contributed by atoms with Crippen LogP contribution in [0.1, 0.15) is 47.9 Å². The van der Waals surface area contributed by atoms with Gasteiger partial charge in [0.1, 0.15) is 6.33 Å². The molecule has 1 fully saturated rings. The number of hydroxylamine groups is 1. The molecule has 0 bridgehead atoms. The molecule has 5 rings (SSSR count). The van der Waals surface area contributed by atoms with Gasteiger partial charge in [0.25, 0.3) is 0 Å². The van der Waals surface area contributed by atoms with E-state index in [9.17, 15) is 18.4 Å². The van der Waals surface area contributed by atoms with Gasteiger partial charge < -0.3 is 9.94 Å². The topological polar surface area (TPSA) is 129 Å². The van der Waals surface area contributed by atoms with Crippen molar-refractivity contribution in [3.63, 3.8) is 0 Å². The average molecular weight is 474 g/mol. The number of nitrogens with zero attached hydrogens (tertiary/aromatic N) is 3. The van der Waals surface area contributed by atoms with Crippen LogP contribution >= 0.6 is 0 Å². The molecule has 1 saturated heterocycles. The Balaban J connectivity index is 1.46. The summed E-state index contributed by atoms with van der Waals surface area (Å²) in [6.07, 6.45) is 10.2. The van der Waals surface area contributed by atoms with Crippen molar-refractivity contribution < 1.29 is 22.4 Å². The first-order valence-corrected chi connectivity index (χ1v) is 12.8. The number of aromatic nitrogens is 2. The number of anilines is 2. The average Bonchev–Trinajstić information content (AvgIpc) is 3.49. The van der Waals surface area contributed by atoms with Crippen LogP contribution in [0.3, 0.4) is 0 Å². The van der Waals surface area contributed by atoms with Gasteiger partial charge in [-0.2, -0.15) is 12.9 Å². The van der Waals surface area contributed by atoms with E-state index < -0.39 is 26.8 Å². The van der Waals surface area contributed by atoms with E-state index in [-0.39, 0.29) is 5.69 Å². The Morgan fingerprint density at radius 2 is 1.67 bits per heavy atom. The second-order valence-corrected chi connectivity index (χ2v) is 10.4. The summed E-state index contributed by atoms with van der Waals surface area (Å²) < 4.78 is 31.8. The molecule has 2 aliphatic carbocycles. The largest absolute Gasteiger partial charge is 0.608 e. The third-order valence-corrected chi connectivity index (χ3v) is 8.39. The van der Waals surface area contributed by atoms with Gasteiger partial charge in [0.15, 0.2) is 0 Å². The Labute approximate surface area is 192 Å². The number of benzene rings is 1. The van der Waals surface area contributed by atoms with Crippen LogP contribution in [0.2, 0.25) is 0 Å². The third kappa shape index (κ3) is 4.10. The summed E-state index contributed by atoms with van der Waals surface area (Å²) in [5.41, 5.74) is 5.25. The molecule has 176 valence electrons. The lowest BCUT2D eigenvalue weighted by atomic mass is 9.99. The highest BCUT2D eigenvalue weighted by molar-refractivity contribution is 7.86. The minimum Gasteiger partial charge on any atom is -0.608 e. The van der Waals surface area contributed by atoms with Crippen molar-refractivity contribution in [2.24, 2.45) is 0 Å². The normalized spacial score (nSPS) is 19.1. The fourth-order valence-corrected chi connectivity index (χ4v) is 6.65. The van der Waals surface area contributed by atoms with E-state index in [1.54, 1.807) is 0 Å². The van der Waals surface area contributed by atoms with E-state index in [2.05, 4.69) is 21.4 Å². The summed E-state index contributed by atoms with van der Waals surface area (Å²) in [7, 11) is -4.65. The molecule has 0 spiro atoms. The highest BCUT2D eigenvalue weighted by Crippen LogP contribution is 2.38. The van der Waals surface area contributed by atoms with Crippen molar-refractivity contribution in [1.29, 1.82) is 0 Å². The molecule has 1 unspecified atom stereocenters. The zero-order valence-electron chi connectivity index (χ0n) is 18.2. The number of amides is 2. The number of hydrogen-bond acceptors (Lipinski definition) is 7. The number of rotatable bonds is 5. The molecule has 2 heterocycles. The minimum absolute atomic E-state index is 0.159. The smallest absolute Gasteiger partial charge is 0.436 e. The van der Waals surface area contributed by atoms with Crippen LogP contribution in [0.5, 0.6) is 0 Å². The van der Waals surface area contributed by atoms with E-state index >= 15 is 0 Å². The first-order chi connectivity index (χ1) is 16.0. The summed E-state index contributed by atoms with van der Waals surface area (Å²) >= 11 is 0. The molecule has 0 saturated carbocycles. The van der Waals surface area contributed by atoms with Crippen LogP contribution in [0.4, 0.5) is 16.2 Å². The van der Waals surface area contributed by atoms with Crippen molar-refractivity contribution >= 4 is 27.6 Å².